The van der Waals surface area contributed by atoms with Gasteiger partial charge in [0, 0.05) is 24.9 Å². The van der Waals surface area contributed by atoms with Crippen LogP contribution in [0.1, 0.15) is 24.1 Å². The molecule has 19 heavy (non-hydrogen) atoms. The Balaban J connectivity index is 2.17. The van der Waals surface area contributed by atoms with Crippen molar-refractivity contribution in [2.75, 3.05) is 19.5 Å². The Morgan fingerprint density at radius 3 is 2.84 bits per heavy atom. The van der Waals surface area contributed by atoms with Crippen LogP contribution in [0.25, 0.3) is 0 Å². The van der Waals surface area contributed by atoms with Crippen molar-refractivity contribution < 1.29 is 9.47 Å². The molecule has 1 atom stereocenters. The molecule has 0 saturated heterocycles. The number of nitrogens with one attached hydrogen (secondary N) is 2. The number of benzene rings is 1. The van der Waals surface area contributed by atoms with Gasteiger partial charge in [-0.3, -0.25) is 5.10 Å². The second-order valence-corrected chi connectivity index (χ2v) is 4.36. The number of anilines is 1. The molecule has 0 spiro atoms. The fraction of sp³-hybridized carbons (Fsp3) is 0.357. The largest absolute Gasteiger partial charge is 0.496 e. The van der Waals surface area contributed by atoms with Crippen LogP contribution in [0.2, 0.25) is 0 Å². The molecule has 0 radical (unpaired) electrons. The molecule has 0 aliphatic carbocycles. The number of ether oxygens (including phenoxy) is 2. The second-order valence-electron chi connectivity index (χ2n) is 4.36. The highest BCUT2D eigenvalue weighted by molar-refractivity contribution is 5.44. The van der Waals surface area contributed by atoms with Gasteiger partial charge in [0.15, 0.2) is 0 Å². The molecule has 1 unspecified atom stereocenters. The Kier molecular flexibility index (Phi) is 4.41. The molecular formula is C14H19N3O2. The van der Waals surface area contributed by atoms with E-state index in [0.29, 0.717) is 6.61 Å². The Labute approximate surface area is 112 Å². The van der Waals surface area contributed by atoms with Gasteiger partial charge in [0.2, 0.25) is 0 Å². The third-order valence-corrected chi connectivity index (χ3v) is 2.99. The Morgan fingerprint density at radius 1 is 1.37 bits per heavy atom. The van der Waals surface area contributed by atoms with E-state index in [2.05, 4.69) is 34.6 Å². The Hall–Kier alpha value is -2.01. The molecule has 2 rings (SSSR count). The van der Waals surface area contributed by atoms with E-state index < -0.39 is 0 Å². The number of aromatic amines is 1. The van der Waals surface area contributed by atoms with E-state index in [-0.39, 0.29) is 6.04 Å². The zero-order valence-corrected chi connectivity index (χ0v) is 11.4. The van der Waals surface area contributed by atoms with Crippen molar-refractivity contribution in [3.05, 3.63) is 41.7 Å². The minimum Gasteiger partial charge on any atom is -0.496 e. The number of nitrogens with zero attached hydrogens (tertiary/aromatic N) is 1. The highest BCUT2D eigenvalue weighted by Gasteiger charge is 2.10. The smallest absolute Gasteiger partial charge is 0.124 e. The van der Waals surface area contributed by atoms with Crippen LogP contribution in [0, 0.1) is 0 Å². The predicted octanol–water partition coefficient (Wildman–Crippen LogP) is 2.74. The number of methoxy groups -OCH3 is 2. The van der Waals surface area contributed by atoms with Gasteiger partial charge < -0.3 is 14.8 Å². The van der Waals surface area contributed by atoms with Gasteiger partial charge in [-0.15, -0.1) is 0 Å². The lowest BCUT2D eigenvalue weighted by molar-refractivity contribution is 0.181. The zero-order valence-electron chi connectivity index (χ0n) is 11.4. The topological polar surface area (TPSA) is 59.2 Å². The van der Waals surface area contributed by atoms with Gasteiger partial charge in [-0.05, 0) is 24.6 Å². The quantitative estimate of drug-likeness (QED) is 0.839. The highest BCUT2D eigenvalue weighted by atomic mass is 16.5. The van der Waals surface area contributed by atoms with Crippen LogP contribution < -0.4 is 10.1 Å². The van der Waals surface area contributed by atoms with Crippen LogP contribution in [0.5, 0.6) is 5.75 Å². The molecule has 102 valence electrons. The Bertz CT molecular complexity index is 511. The maximum Gasteiger partial charge on any atom is 0.124 e. The van der Waals surface area contributed by atoms with Gasteiger partial charge in [-0.2, -0.15) is 5.10 Å². The van der Waals surface area contributed by atoms with E-state index in [1.165, 1.54) is 5.56 Å². The second kappa shape index (κ2) is 6.24. The third kappa shape index (κ3) is 3.26. The third-order valence-electron chi connectivity index (χ3n) is 2.99. The summed E-state index contributed by atoms with van der Waals surface area (Å²) in [4.78, 5) is 0. The van der Waals surface area contributed by atoms with Crippen LogP contribution in [0.4, 0.5) is 5.69 Å². The van der Waals surface area contributed by atoms with Gasteiger partial charge in [0.25, 0.3) is 0 Å². The summed E-state index contributed by atoms with van der Waals surface area (Å²) in [6.07, 6.45) is 3.59. The van der Waals surface area contributed by atoms with Gasteiger partial charge in [0.1, 0.15) is 5.75 Å². The summed E-state index contributed by atoms with van der Waals surface area (Å²) >= 11 is 0. The lowest BCUT2D eigenvalue weighted by atomic mass is 10.0. The number of hydrogen-bond acceptors (Lipinski definition) is 4. The van der Waals surface area contributed by atoms with Crippen molar-refractivity contribution in [1.29, 1.82) is 0 Å². The first-order chi connectivity index (χ1) is 9.24. The summed E-state index contributed by atoms with van der Waals surface area (Å²) in [5.41, 5.74) is 3.19. The summed E-state index contributed by atoms with van der Waals surface area (Å²) < 4.78 is 10.5. The zero-order chi connectivity index (χ0) is 13.7. The van der Waals surface area contributed by atoms with E-state index >= 15 is 0 Å². The van der Waals surface area contributed by atoms with Gasteiger partial charge in [-0.25, -0.2) is 0 Å². The first-order valence-corrected chi connectivity index (χ1v) is 6.15. The molecule has 5 heteroatoms. The summed E-state index contributed by atoms with van der Waals surface area (Å²) in [5, 5.41) is 10.1. The summed E-state index contributed by atoms with van der Waals surface area (Å²) in [7, 11) is 3.35. The Morgan fingerprint density at radius 2 is 2.21 bits per heavy atom. The van der Waals surface area contributed by atoms with E-state index in [4.69, 9.17) is 9.47 Å². The van der Waals surface area contributed by atoms with Crippen molar-refractivity contribution in [3.8, 4) is 5.75 Å². The van der Waals surface area contributed by atoms with E-state index in [1.807, 2.05) is 12.3 Å². The molecule has 1 aromatic heterocycles. The van der Waals surface area contributed by atoms with Crippen molar-refractivity contribution in [3.63, 3.8) is 0 Å². The number of aromatic nitrogens is 2. The molecule has 0 bridgehead atoms. The molecule has 2 N–H and O–H groups in total. The maximum atomic E-state index is 5.32. The number of hydrogen-bond donors (Lipinski definition) is 2. The molecule has 1 heterocycles. The van der Waals surface area contributed by atoms with Crippen molar-refractivity contribution in [2.45, 2.75) is 19.6 Å². The maximum absolute atomic E-state index is 5.32. The molecule has 0 aliphatic rings. The first-order valence-electron chi connectivity index (χ1n) is 6.15. The average Bonchev–Trinajstić information content (AvgIpc) is 2.92. The fourth-order valence-corrected chi connectivity index (χ4v) is 2.00. The number of rotatable bonds is 6. The first kappa shape index (κ1) is 13.4. The molecule has 0 amide bonds. The highest BCUT2D eigenvalue weighted by Crippen LogP contribution is 2.25. The molecule has 0 aliphatic heterocycles. The van der Waals surface area contributed by atoms with Gasteiger partial charge in [0.05, 0.1) is 25.6 Å². The van der Waals surface area contributed by atoms with Crippen molar-refractivity contribution in [1.82, 2.24) is 10.2 Å². The average molecular weight is 261 g/mol. The van der Waals surface area contributed by atoms with Crippen LogP contribution in [0.15, 0.2) is 30.6 Å². The van der Waals surface area contributed by atoms with E-state index in [0.717, 1.165) is 17.0 Å². The monoisotopic (exact) mass is 261 g/mol. The molecule has 0 saturated carbocycles. The van der Waals surface area contributed by atoms with Crippen LogP contribution in [-0.4, -0.2) is 24.4 Å². The van der Waals surface area contributed by atoms with Crippen molar-refractivity contribution in [2.24, 2.45) is 0 Å². The molecular weight excluding hydrogens is 242 g/mol. The van der Waals surface area contributed by atoms with Crippen LogP contribution >= 0.6 is 0 Å². The fourth-order valence-electron chi connectivity index (χ4n) is 2.00. The minimum absolute atomic E-state index is 0.180. The van der Waals surface area contributed by atoms with Gasteiger partial charge >= 0.3 is 0 Å². The summed E-state index contributed by atoms with van der Waals surface area (Å²) in [5.74, 6) is 0.848. The normalized spacial score (nSPS) is 12.2. The van der Waals surface area contributed by atoms with Crippen LogP contribution in [0.3, 0.4) is 0 Å². The summed E-state index contributed by atoms with van der Waals surface area (Å²) in [6, 6.07) is 6.30. The molecule has 2 aromatic rings. The molecule has 5 nitrogen and oxygen atoms in total. The van der Waals surface area contributed by atoms with Gasteiger partial charge in [-0.1, -0.05) is 6.07 Å². The standard InChI is InChI=1S/C14H19N3O2/c1-10(17-13-7-15-16-8-13)11-4-5-14(19-3)12(6-11)9-18-2/h4-8,10,17H,9H2,1-3H3,(H,15,16). The lowest BCUT2D eigenvalue weighted by Gasteiger charge is -2.16. The van der Waals surface area contributed by atoms with Crippen molar-refractivity contribution >= 4 is 5.69 Å². The predicted molar refractivity (Wildman–Crippen MR) is 74.3 cm³/mol. The summed E-state index contributed by atoms with van der Waals surface area (Å²) in [6.45, 7) is 2.64. The minimum atomic E-state index is 0.180. The molecule has 1 aromatic carbocycles. The van der Waals surface area contributed by atoms with Crippen LogP contribution in [-0.2, 0) is 11.3 Å². The van der Waals surface area contributed by atoms with E-state index in [9.17, 15) is 0 Å². The SMILES string of the molecule is COCc1cc(C(C)Nc2cn[nH]c2)ccc1OC. The van der Waals surface area contributed by atoms with E-state index in [1.54, 1.807) is 20.4 Å². The lowest BCUT2D eigenvalue weighted by Crippen LogP contribution is -2.07. The molecule has 0 fully saturated rings. The number of H-pyrrole nitrogens is 1.